The Morgan fingerprint density at radius 3 is 2.95 bits per heavy atom. The van der Waals surface area contributed by atoms with Gasteiger partial charge in [0.25, 0.3) is 0 Å². The van der Waals surface area contributed by atoms with E-state index in [4.69, 9.17) is 14.5 Å². The van der Waals surface area contributed by atoms with Gasteiger partial charge in [0.2, 0.25) is 5.89 Å². The number of methoxy groups -OCH3 is 1. The van der Waals surface area contributed by atoms with Gasteiger partial charge in [0.15, 0.2) is 5.82 Å². The summed E-state index contributed by atoms with van der Waals surface area (Å²) in [4.78, 5) is 4.11. The number of nitriles is 1. The molecule has 2 rings (SSSR count). The largest absolute Gasteiger partial charge is 0.497 e. The number of benzene rings is 1. The van der Waals surface area contributed by atoms with Crippen LogP contribution in [-0.4, -0.2) is 23.8 Å². The maximum atomic E-state index is 9.03. The topological polar surface area (TPSA) is 84.0 Å². The smallest absolute Gasteiger partial charge is 0.223 e. The van der Waals surface area contributed by atoms with E-state index in [9.17, 15) is 0 Å². The third-order valence-corrected chi connectivity index (χ3v) is 2.58. The average Bonchev–Trinajstić information content (AvgIpc) is 2.84. The number of hydrogen-bond acceptors (Lipinski definition) is 6. The molecule has 6 nitrogen and oxygen atoms in total. The van der Waals surface area contributed by atoms with Gasteiger partial charge in [-0.15, -0.1) is 0 Å². The molecule has 0 aliphatic heterocycles. The molecule has 0 aliphatic rings. The molecular formula is C13H14N4O2. The quantitative estimate of drug-likeness (QED) is 0.881. The maximum absolute atomic E-state index is 9.03. The summed E-state index contributed by atoms with van der Waals surface area (Å²) in [7, 11) is 1.59. The molecular weight excluding hydrogens is 244 g/mol. The first kappa shape index (κ1) is 12.9. The second kappa shape index (κ2) is 5.87. The van der Waals surface area contributed by atoms with Gasteiger partial charge >= 0.3 is 0 Å². The lowest BCUT2D eigenvalue weighted by Crippen LogP contribution is -2.07. The molecule has 0 aliphatic carbocycles. The van der Waals surface area contributed by atoms with Crippen molar-refractivity contribution in [2.24, 2.45) is 0 Å². The monoisotopic (exact) mass is 258 g/mol. The Morgan fingerprint density at radius 2 is 2.32 bits per heavy atom. The molecule has 0 saturated heterocycles. The summed E-state index contributed by atoms with van der Waals surface area (Å²) in [5.74, 6) is 1.90. The fourth-order valence-corrected chi connectivity index (χ4v) is 1.65. The molecule has 0 fully saturated rings. The maximum Gasteiger partial charge on any atom is 0.223 e. The standard InChI is InChI=1S/C13H14N4O2/c1-9-16-13(17-19-9)5-6-15-12-7-11(18-2)4-3-10(12)8-14/h3-4,7,15H,5-6H2,1-2H3. The van der Waals surface area contributed by atoms with Gasteiger partial charge in [-0.1, -0.05) is 5.16 Å². The van der Waals surface area contributed by atoms with Gasteiger partial charge in [-0.25, -0.2) is 0 Å². The third kappa shape index (κ3) is 3.22. The number of nitrogens with zero attached hydrogens (tertiary/aromatic N) is 3. The first-order valence-electron chi connectivity index (χ1n) is 5.84. The lowest BCUT2D eigenvalue weighted by molar-refractivity contribution is 0.387. The van der Waals surface area contributed by atoms with Crippen LogP contribution in [0, 0.1) is 18.3 Å². The van der Waals surface area contributed by atoms with Gasteiger partial charge in [-0.05, 0) is 12.1 Å². The first-order valence-corrected chi connectivity index (χ1v) is 5.84. The van der Waals surface area contributed by atoms with Crippen LogP contribution < -0.4 is 10.1 Å². The first-order chi connectivity index (χ1) is 9.22. The van der Waals surface area contributed by atoms with Crippen molar-refractivity contribution in [3.63, 3.8) is 0 Å². The van der Waals surface area contributed by atoms with Crippen molar-refractivity contribution in [2.45, 2.75) is 13.3 Å². The summed E-state index contributed by atoms with van der Waals surface area (Å²) < 4.78 is 10.0. The van der Waals surface area contributed by atoms with E-state index >= 15 is 0 Å². The van der Waals surface area contributed by atoms with E-state index in [1.165, 1.54) is 0 Å². The Balaban J connectivity index is 2.00. The molecule has 1 N–H and O–H groups in total. The normalized spacial score (nSPS) is 9.95. The summed E-state index contributed by atoms with van der Waals surface area (Å²) in [5, 5.41) is 16.0. The Morgan fingerprint density at radius 1 is 1.47 bits per heavy atom. The van der Waals surface area contributed by atoms with Gasteiger partial charge in [0.05, 0.1) is 18.4 Å². The molecule has 0 atom stereocenters. The predicted molar refractivity (Wildman–Crippen MR) is 68.9 cm³/mol. The number of aromatic nitrogens is 2. The second-order valence-corrected chi connectivity index (χ2v) is 3.93. The SMILES string of the molecule is COc1ccc(C#N)c(NCCc2noc(C)n2)c1. The van der Waals surface area contributed by atoms with Crippen molar-refractivity contribution in [3.05, 3.63) is 35.5 Å². The van der Waals surface area contributed by atoms with Crippen LogP contribution in [0.3, 0.4) is 0 Å². The van der Waals surface area contributed by atoms with Gasteiger partial charge in [0, 0.05) is 26.0 Å². The van der Waals surface area contributed by atoms with Crippen LogP contribution in [0.5, 0.6) is 5.75 Å². The Labute approximate surface area is 111 Å². The minimum atomic E-state index is 0.550. The van der Waals surface area contributed by atoms with Crippen molar-refractivity contribution in [1.82, 2.24) is 10.1 Å². The van der Waals surface area contributed by atoms with Crippen LogP contribution in [0.2, 0.25) is 0 Å². The minimum Gasteiger partial charge on any atom is -0.497 e. The summed E-state index contributed by atoms with van der Waals surface area (Å²) in [5.41, 5.74) is 1.31. The van der Waals surface area contributed by atoms with Gasteiger partial charge in [0.1, 0.15) is 11.8 Å². The number of hydrogen-bond donors (Lipinski definition) is 1. The van der Waals surface area contributed by atoms with Gasteiger partial charge in [-0.3, -0.25) is 0 Å². The number of anilines is 1. The highest BCUT2D eigenvalue weighted by atomic mass is 16.5. The van der Waals surface area contributed by atoms with Crippen LogP contribution in [0.15, 0.2) is 22.7 Å². The molecule has 0 saturated carbocycles. The molecule has 1 heterocycles. The Kier molecular flexibility index (Phi) is 3.98. The highest BCUT2D eigenvalue weighted by Gasteiger charge is 2.05. The van der Waals surface area contributed by atoms with Crippen molar-refractivity contribution in [1.29, 1.82) is 5.26 Å². The molecule has 19 heavy (non-hydrogen) atoms. The van der Waals surface area contributed by atoms with Gasteiger partial charge < -0.3 is 14.6 Å². The van der Waals surface area contributed by atoms with E-state index in [-0.39, 0.29) is 0 Å². The highest BCUT2D eigenvalue weighted by Crippen LogP contribution is 2.21. The highest BCUT2D eigenvalue weighted by molar-refractivity contribution is 5.60. The molecule has 0 spiro atoms. The third-order valence-electron chi connectivity index (χ3n) is 2.58. The zero-order chi connectivity index (χ0) is 13.7. The van der Waals surface area contributed by atoms with Crippen LogP contribution in [0.1, 0.15) is 17.3 Å². The molecule has 6 heteroatoms. The van der Waals surface area contributed by atoms with Crippen molar-refractivity contribution in [3.8, 4) is 11.8 Å². The average molecular weight is 258 g/mol. The Hall–Kier alpha value is -2.55. The summed E-state index contributed by atoms with van der Waals surface area (Å²) in [6.07, 6.45) is 0.624. The predicted octanol–water partition coefficient (Wildman–Crippen LogP) is 1.91. The van der Waals surface area contributed by atoms with E-state index < -0.39 is 0 Å². The van der Waals surface area contributed by atoms with E-state index in [1.807, 2.05) is 0 Å². The van der Waals surface area contributed by atoms with Crippen LogP contribution in [0.4, 0.5) is 5.69 Å². The fourth-order valence-electron chi connectivity index (χ4n) is 1.65. The van der Waals surface area contributed by atoms with Crippen LogP contribution >= 0.6 is 0 Å². The molecule has 1 aromatic heterocycles. The fraction of sp³-hybridized carbons (Fsp3) is 0.308. The molecule has 0 bridgehead atoms. The van der Waals surface area contributed by atoms with Crippen molar-refractivity contribution >= 4 is 5.69 Å². The molecule has 0 radical (unpaired) electrons. The number of rotatable bonds is 5. The summed E-state index contributed by atoms with van der Waals surface area (Å²) in [6.45, 7) is 2.36. The molecule has 0 unspecified atom stereocenters. The van der Waals surface area contributed by atoms with E-state index in [0.717, 1.165) is 5.69 Å². The van der Waals surface area contributed by atoms with E-state index in [0.29, 0.717) is 36.0 Å². The van der Waals surface area contributed by atoms with Crippen molar-refractivity contribution in [2.75, 3.05) is 19.0 Å². The number of ether oxygens (including phenoxy) is 1. The number of nitrogens with one attached hydrogen (secondary N) is 1. The Bertz CT molecular complexity index is 601. The summed E-state index contributed by atoms with van der Waals surface area (Å²) in [6, 6.07) is 7.40. The molecule has 98 valence electrons. The zero-order valence-electron chi connectivity index (χ0n) is 10.8. The van der Waals surface area contributed by atoms with Crippen molar-refractivity contribution < 1.29 is 9.26 Å². The lowest BCUT2D eigenvalue weighted by Gasteiger charge is -2.08. The lowest BCUT2D eigenvalue weighted by atomic mass is 10.2. The van der Waals surface area contributed by atoms with Crippen LogP contribution in [-0.2, 0) is 6.42 Å². The number of aryl methyl sites for hydroxylation is 1. The zero-order valence-corrected chi connectivity index (χ0v) is 10.8. The molecule has 1 aromatic carbocycles. The minimum absolute atomic E-state index is 0.550. The summed E-state index contributed by atoms with van der Waals surface area (Å²) >= 11 is 0. The molecule has 2 aromatic rings. The second-order valence-electron chi connectivity index (χ2n) is 3.93. The van der Waals surface area contributed by atoms with E-state index in [1.54, 1.807) is 32.2 Å². The van der Waals surface area contributed by atoms with E-state index in [2.05, 4.69) is 21.5 Å². The molecule has 0 amide bonds. The van der Waals surface area contributed by atoms with Crippen LogP contribution in [0.25, 0.3) is 0 Å². The van der Waals surface area contributed by atoms with Gasteiger partial charge in [-0.2, -0.15) is 10.2 Å².